The number of carbonyl (C=O) groups excluding carboxylic acids is 1. The molecular formula is C14H18BrNO2. The highest BCUT2D eigenvalue weighted by Gasteiger charge is 2.23. The quantitative estimate of drug-likeness (QED) is 0.856. The van der Waals surface area contributed by atoms with Gasteiger partial charge in [-0.2, -0.15) is 0 Å². The first-order valence-corrected chi connectivity index (χ1v) is 7.03. The first-order chi connectivity index (χ1) is 8.66. The molecule has 0 N–H and O–H groups in total. The first-order valence-electron chi connectivity index (χ1n) is 6.23. The van der Waals surface area contributed by atoms with Gasteiger partial charge in [-0.15, -0.1) is 0 Å². The molecule has 98 valence electrons. The molecule has 0 radical (unpaired) electrons. The molecule has 3 nitrogen and oxygen atoms in total. The molecule has 1 aliphatic rings. The number of rotatable bonds is 4. The van der Waals surface area contributed by atoms with Gasteiger partial charge in [-0.25, -0.2) is 0 Å². The molecule has 1 fully saturated rings. The fraction of sp³-hybridized carbons (Fsp3) is 0.500. The van der Waals surface area contributed by atoms with E-state index >= 15 is 0 Å². The van der Waals surface area contributed by atoms with E-state index in [1.54, 1.807) is 6.92 Å². The van der Waals surface area contributed by atoms with E-state index in [0.29, 0.717) is 6.42 Å². The number of ether oxygens (including phenoxy) is 1. The Kier molecular flexibility index (Phi) is 4.92. The molecule has 1 aromatic carbocycles. The molecule has 1 atom stereocenters. The van der Waals surface area contributed by atoms with Gasteiger partial charge in [-0.1, -0.05) is 28.1 Å². The minimum atomic E-state index is 0.170. The van der Waals surface area contributed by atoms with E-state index in [-0.39, 0.29) is 11.8 Å². The Morgan fingerprint density at radius 1 is 1.44 bits per heavy atom. The summed E-state index contributed by atoms with van der Waals surface area (Å²) in [4.78, 5) is 13.8. The third kappa shape index (κ3) is 3.64. The molecule has 0 spiro atoms. The number of carbonyl (C=O) groups is 1. The number of morpholine rings is 1. The van der Waals surface area contributed by atoms with Gasteiger partial charge in [0.1, 0.15) is 5.78 Å². The molecule has 18 heavy (non-hydrogen) atoms. The van der Waals surface area contributed by atoms with Crippen LogP contribution in [0.2, 0.25) is 0 Å². The maximum Gasteiger partial charge on any atom is 0.131 e. The van der Waals surface area contributed by atoms with Crippen LogP contribution >= 0.6 is 15.9 Å². The highest BCUT2D eigenvalue weighted by molar-refractivity contribution is 9.10. The fourth-order valence-electron chi connectivity index (χ4n) is 2.33. The topological polar surface area (TPSA) is 29.5 Å². The Morgan fingerprint density at radius 3 is 2.78 bits per heavy atom. The third-order valence-corrected chi connectivity index (χ3v) is 3.69. The van der Waals surface area contributed by atoms with Crippen LogP contribution in [0.3, 0.4) is 0 Å². The van der Waals surface area contributed by atoms with E-state index in [2.05, 4.69) is 33.0 Å². The molecule has 0 bridgehead atoms. The van der Waals surface area contributed by atoms with E-state index in [1.807, 2.05) is 12.1 Å². The molecule has 1 heterocycles. The van der Waals surface area contributed by atoms with Crippen LogP contribution in [0.5, 0.6) is 0 Å². The lowest BCUT2D eigenvalue weighted by atomic mass is 10.00. The average molecular weight is 312 g/mol. The number of ketones is 1. The standard InChI is InChI=1S/C14H18BrNO2/c1-11(17)9-14(16-5-7-18-8-6-16)12-3-2-4-13(15)10-12/h2-4,10,14H,5-9H2,1H3. The van der Waals surface area contributed by atoms with Crippen molar-refractivity contribution in [3.63, 3.8) is 0 Å². The number of benzene rings is 1. The second kappa shape index (κ2) is 6.45. The molecule has 1 aliphatic heterocycles. The zero-order valence-electron chi connectivity index (χ0n) is 10.6. The van der Waals surface area contributed by atoms with Crippen LogP contribution in [0.1, 0.15) is 24.9 Å². The van der Waals surface area contributed by atoms with E-state index in [4.69, 9.17) is 4.74 Å². The highest BCUT2D eigenvalue weighted by Crippen LogP contribution is 2.27. The minimum Gasteiger partial charge on any atom is -0.379 e. The lowest BCUT2D eigenvalue weighted by molar-refractivity contribution is -0.118. The Hall–Kier alpha value is -0.710. The van der Waals surface area contributed by atoms with Crippen LogP contribution < -0.4 is 0 Å². The Morgan fingerprint density at radius 2 is 2.17 bits per heavy atom. The smallest absolute Gasteiger partial charge is 0.131 e. The van der Waals surface area contributed by atoms with Gasteiger partial charge >= 0.3 is 0 Å². The minimum absolute atomic E-state index is 0.170. The SMILES string of the molecule is CC(=O)CC(c1cccc(Br)c1)N1CCOCC1. The maximum absolute atomic E-state index is 11.5. The van der Waals surface area contributed by atoms with Crippen molar-refractivity contribution in [3.8, 4) is 0 Å². The highest BCUT2D eigenvalue weighted by atomic mass is 79.9. The molecule has 4 heteroatoms. The Labute approximate surface area is 116 Å². The van der Waals surface area contributed by atoms with Crippen LogP contribution in [0, 0.1) is 0 Å². The monoisotopic (exact) mass is 311 g/mol. The zero-order chi connectivity index (χ0) is 13.0. The molecule has 1 aromatic rings. The summed E-state index contributed by atoms with van der Waals surface area (Å²) in [5, 5.41) is 0. The van der Waals surface area contributed by atoms with Crippen molar-refractivity contribution >= 4 is 21.7 Å². The lowest BCUT2D eigenvalue weighted by Crippen LogP contribution is -2.39. The molecule has 1 unspecified atom stereocenters. The van der Waals surface area contributed by atoms with Crippen molar-refractivity contribution in [1.29, 1.82) is 0 Å². The molecular weight excluding hydrogens is 294 g/mol. The summed E-state index contributed by atoms with van der Waals surface area (Å²) in [5.41, 5.74) is 1.20. The predicted octanol–water partition coefficient (Wildman–Crippen LogP) is 2.80. The number of hydrogen-bond donors (Lipinski definition) is 0. The molecule has 0 saturated carbocycles. The summed E-state index contributed by atoms with van der Waals surface area (Å²) in [6.07, 6.45) is 0.566. The van der Waals surface area contributed by atoms with Gasteiger partial charge in [0.2, 0.25) is 0 Å². The van der Waals surface area contributed by atoms with Crippen molar-refractivity contribution < 1.29 is 9.53 Å². The Balaban J connectivity index is 2.20. The van der Waals surface area contributed by atoms with Crippen LogP contribution in [0.15, 0.2) is 28.7 Å². The van der Waals surface area contributed by atoms with Crippen molar-refractivity contribution in [2.24, 2.45) is 0 Å². The second-order valence-corrected chi connectivity index (χ2v) is 5.54. The maximum atomic E-state index is 11.5. The van der Waals surface area contributed by atoms with E-state index in [9.17, 15) is 4.79 Å². The molecule has 0 aliphatic carbocycles. The van der Waals surface area contributed by atoms with Crippen molar-refractivity contribution in [2.75, 3.05) is 26.3 Å². The lowest BCUT2D eigenvalue weighted by Gasteiger charge is -2.34. The summed E-state index contributed by atoms with van der Waals surface area (Å²) in [6, 6.07) is 8.39. The zero-order valence-corrected chi connectivity index (χ0v) is 12.1. The summed E-state index contributed by atoms with van der Waals surface area (Å²) >= 11 is 3.49. The van der Waals surface area contributed by atoms with Crippen molar-refractivity contribution in [2.45, 2.75) is 19.4 Å². The molecule has 0 aromatic heterocycles. The van der Waals surface area contributed by atoms with Crippen LogP contribution in [-0.2, 0) is 9.53 Å². The normalized spacial score (nSPS) is 18.6. The number of Topliss-reactive ketones (excluding diaryl/α,β-unsaturated/α-hetero) is 1. The molecule has 2 rings (SSSR count). The average Bonchev–Trinajstić information content (AvgIpc) is 2.37. The predicted molar refractivity (Wildman–Crippen MR) is 74.6 cm³/mol. The van der Waals surface area contributed by atoms with Crippen LogP contribution in [0.4, 0.5) is 0 Å². The summed E-state index contributed by atoms with van der Waals surface area (Å²) < 4.78 is 6.44. The van der Waals surface area contributed by atoms with Gasteiger partial charge < -0.3 is 4.74 Å². The largest absolute Gasteiger partial charge is 0.379 e. The summed E-state index contributed by atoms with van der Waals surface area (Å²) in [6.45, 7) is 4.95. The summed E-state index contributed by atoms with van der Waals surface area (Å²) in [7, 11) is 0. The third-order valence-electron chi connectivity index (χ3n) is 3.20. The summed E-state index contributed by atoms with van der Waals surface area (Å²) in [5.74, 6) is 0.228. The van der Waals surface area contributed by atoms with Gasteiger partial charge in [-0.05, 0) is 24.6 Å². The van der Waals surface area contributed by atoms with Crippen molar-refractivity contribution in [3.05, 3.63) is 34.3 Å². The number of halogens is 1. The van der Waals surface area contributed by atoms with Gasteiger partial charge in [0.25, 0.3) is 0 Å². The molecule has 1 saturated heterocycles. The van der Waals surface area contributed by atoms with E-state index in [0.717, 1.165) is 30.8 Å². The van der Waals surface area contributed by atoms with E-state index in [1.165, 1.54) is 5.56 Å². The second-order valence-electron chi connectivity index (χ2n) is 4.63. The fourth-order valence-corrected chi connectivity index (χ4v) is 2.75. The first kappa shape index (κ1) is 13.7. The Bertz CT molecular complexity index is 416. The molecule has 0 amide bonds. The van der Waals surface area contributed by atoms with Gasteiger partial charge in [0, 0.05) is 30.0 Å². The van der Waals surface area contributed by atoms with E-state index < -0.39 is 0 Å². The van der Waals surface area contributed by atoms with Crippen LogP contribution in [0.25, 0.3) is 0 Å². The van der Waals surface area contributed by atoms with Crippen LogP contribution in [-0.4, -0.2) is 37.0 Å². The number of hydrogen-bond acceptors (Lipinski definition) is 3. The number of nitrogens with zero attached hydrogens (tertiary/aromatic N) is 1. The van der Waals surface area contributed by atoms with Gasteiger partial charge in [0.15, 0.2) is 0 Å². The van der Waals surface area contributed by atoms with Gasteiger partial charge in [0.05, 0.1) is 13.2 Å². The van der Waals surface area contributed by atoms with Crippen molar-refractivity contribution in [1.82, 2.24) is 4.90 Å². The van der Waals surface area contributed by atoms with Gasteiger partial charge in [-0.3, -0.25) is 9.69 Å².